The number of carbonyl (C=O) groups is 1. The van der Waals surface area contributed by atoms with E-state index < -0.39 is 12.7 Å². The molecular weight excluding hydrogens is 286 g/mol. The molecule has 8 heteroatoms. The highest BCUT2D eigenvalue weighted by molar-refractivity contribution is 5.96. The van der Waals surface area contributed by atoms with Gasteiger partial charge >= 0.3 is 6.61 Å². The Kier molecular flexibility index (Phi) is 5.29. The molecule has 1 aliphatic rings. The van der Waals surface area contributed by atoms with Crippen molar-refractivity contribution < 1.29 is 27.8 Å². The average Bonchev–Trinajstić information content (AvgIpc) is 2.49. The first kappa shape index (κ1) is 15.5. The Bertz CT molecular complexity index is 493. The molecule has 21 heavy (non-hydrogen) atoms. The quantitative estimate of drug-likeness (QED) is 0.856. The lowest BCUT2D eigenvalue weighted by Crippen LogP contribution is -2.48. The molecule has 1 aromatic rings. The summed E-state index contributed by atoms with van der Waals surface area (Å²) < 4.78 is 39.3. The number of hydrogen-bond donors (Lipinski definition) is 2. The molecule has 116 valence electrons. The van der Waals surface area contributed by atoms with Gasteiger partial charge in [-0.1, -0.05) is 0 Å². The molecule has 2 rings (SSSR count). The van der Waals surface area contributed by atoms with Crippen LogP contribution in [0.1, 0.15) is 0 Å². The zero-order valence-corrected chi connectivity index (χ0v) is 11.4. The number of amides is 1. The minimum absolute atomic E-state index is 0.118. The van der Waals surface area contributed by atoms with E-state index >= 15 is 0 Å². The van der Waals surface area contributed by atoms with E-state index in [1.54, 1.807) is 0 Å². The van der Waals surface area contributed by atoms with Crippen molar-refractivity contribution in [3.8, 4) is 11.5 Å². The van der Waals surface area contributed by atoms with E-state index in [0.29, 0.717) is 18.9 Å². The first-order chi connectivity index (χ1) is 10.1. The van der Waals surface area contributed by atoms with Gasteiger partial charge in [0.1, 0.15) is 17.5 Å². The summed E-state index contributed by atoms with van der Waals surface area (Å²) in [5, 5.41) is 5.51. The third-order valence-electron chi connectivity index (χ3n) is 2.90. The van der Waals surface area contributed by atoms with Crippen LogP contribution in [0.3, 0.4) is 0 Å². The van der Waals surface area contributed by atoms with Gasteiger partial charge in [0.25, 0.3) is 0 Å². The number of methoxy groups -OCH3 is 1. The van der Waals surface area contributed by atoms with Crippen LogP contribution in [-0.4, -0.2) is 45.4 Å². The molecule has 0 aliphatic carbocycles. The number of morpholine rings is 1. The lowest BCUT2D eigenvalue weighted by atomic mass is 10.2. The van der Waals surface area contributed by atoms with E-state index in [2.05, 4.69) is 15.4 Å². The molecule has 1 saturated heterocycles. The molecule has 0 radical (unpaired) electrons. The molecule has 1 fully saturated rings. The number of ether oxygens (including phenoxy) is 3. The van der Waals surface area contributed by atoms with Crippen molar-refractivity contribution >= 4 is 11.6 Å². The Morgan fingerprint density at radius 2 is 2.33 bits per heavy atom. The Labute approximate surface area is 120 Å². The first-order valence-electron chi connectivity index (χ1n) is 6.35. The van der Waals surface area contributed by atoms with Gasteiger partial charge in [0.15, 0.2) is 0 Å². The summed E-state index contributed by atoms with van der Waals surface area (Å²) in [4.78, 5) is 12.1. The van der Waals surface area contributed by atoms with Crippen LogP contribution in [0.25, 0.3) is 0 Å². The van der Waals surface area contributed by atoms with Crippen molar-refractivity contribution in [3.63, 3.8) is 0 Å². The van der Waals surface area contributed by atoms with E-state index in [9.17, 15) is 13.6 Å². The predicted octanol–water partition coefficient (Wildman–Crippen LogP) is 1.22. The largest absolute Gasteiger partial charge is 0.497 e. The zero-order valence-electron chi connectivity index (χ0n) is 11.4. The van der Waals surface area contributed by atoms with Crippen LogP contribution in [0.5, 0.6) is 11.5 Å². The molecule has 1 aromatic carbocycles. The molecule has 0 spiro atoms. The monoisotopic (exact) mass is 302 g/mol. The standard InChI is InChI=1S/C13H16F2N2O4/c1-19-8-2-3-11(21-13(14)15)9(6-8)17-12(18)10-7-20-5-4-16-10/h2-3,6,10,13,16H,4-5,7H2,1H3,(H,17,18). The van der Waals surface area contributed by atoms with Gasteiger partial charge in [0.2, 0.25) is 5.91 Å². The maximum atomic E-state index is 12.4. The van der Waals surface area contributed by atoms with Crippen LogP contribution < -0.4 is 20.1 Å². The number of anilines is 1. The van der Waals surface area contributed by atoms with Crippen LogP contribution in [0.2, 0.25) is 0 Å². The highest BCUT2D eigenvalue weighted by Gasteiger charge is 2.23. The second-order valence-electron chi connectivity index (χ2n) is 4.31. The Hall–Kier alpha value is -1.93. The topological polar surface area (TPSA) is 68.8 Å². The van der Waals surface area contributed by atoms with Gasteiger partial charge in [-0.05, 0) is 12.1 Å². The van der Waals surface area contributed by atoms with Gasteiger partial charge in [0.05, 0.1) is 26.0 Å². The normalized spacial score (nSPS) is 18.4. The van der Waals surface area contributed by atoms with Crippen molar-refractivity contribution in [3.05, 3.63) is 18.2 Å². The van der Waals surface area contributed by atoms with E-state index in [1.165, 1.54) is 25.3 Å². The van der Waals surface area contributed by atoms with Crippen molar-refractivity contribution in [2.75, 3.05) is 32.2 Å². The second kappa shape index (κ2) is 7.19. The van der Waals surface area contributed by atoms with Gasteiger partial charge < -0.3 is 24.8 Å². The smallest absolute Gasteiger partial charge is 0.387 e. The van der Waals surface area contributed by atoms with E-state index in [1.807, 2.05) is 0 Å². The molecule has 1 aliphatic heterocycles. The molecule has 1 atom stereocenters. The van der Waals surface area contributed by atoms with Crippen molar-refractivity contribution in [2.24, 2.45) is 0 Å². The van der Waals surface area contributed by atoms with Crippen molar-refractivity contribution in [2.45, 2.75) is 12.7 Å². The lowest BCUT2D eigenvalue weighted by Gasteiger charge is -2.23. The molecule has 0 bridgehead atoms. The molecule has 1 amide bonds. The summed E-state index contributed by atoms with van der Waals surface area (Å²) in [5.74, 6) is -0.0993. The lowest BCUT2D eigenvalue weighted by molar-refractivity contribution is -0.120. The van der Waals surface area contributed by atoms with Crippen molar-refractivity contribution in [1.82, 2.24) is 5.32 Å². The molecule has 1 heterocycles. The van der Waals surface area contributed by atoms with Gasteiger partial charge in [-0.3, -0.25) is 4.79 Å². The predicted molar refractivity (Wildman–Crippen MR) is 70.9 cm³/mol. The number of halogens is 2. The first-order valence-corrected chi connectivity index (χ1v) is 6.35. The number of benzene rings is 1. The number of alkyl halides is 2. The summed E-state index contributed by atoms with van der Waals surface area (Å²) in [5.41, 5.74) is 0.118. The second-order valence-corrected chi connectivity index (χ2v) is 4.31. The molecule has 6 nitrogen and oxygen atoms in total. The maximum Gasteiger partial charge on any atom is 0.387 e. The van der Waals surface area contributed by atoms with E-state index in [0.717, 1.165) is 0 Å². The molecule has 0 aromatic heterocycles. The highest BCUT2D eigenvalue weighted by atomic mass is 19.3. The van der Waals surface area contributed by atoms with Crippen LogP contribution in [0, 0.1) is 0 Å². The van der Waals surface area contributed by atoms with Gasteiger partial charge in [-0.2, -0.15) is 8.78 Å². The minimum atomic E-state index is -2.98. The van der Waals surface area contributed by atoms with E-state index in [4.69, 9.17) is 9.47 Å². The SMILES string of the molecule is COc1ccc(OC(F)F)c(NC(=O)C2COCCN2)c1. The van der Waals surface area contributed by atoms with Crippen LogP contribution in [0.15, 0.2) is 18.2 Å². The summed E-state index contributed by atoms with van der Waals surface area (Å²) in [6.45, 7) is -1.68. The highest BCUT2D eigenvalue weighted by Crippen LogP contribution is 2.30. The van der Waals surface area contributed by atoms with Crippen molar-refractivity contribution in [1.29, 1.82) is 0 Å². The minimum Gasteiger partial charge on any atom is -0.497 e. The van der Waals surface area contributed by atoms with Crippen LogP contribution >= 0.6 is 0 Å². The summed E-state index contributed by atoms with van der Waals surface area (Å²) in [6.07, 6.45) is 0. The molecule has 1 unspecified atom stereocenters. The third kappa shape index (κ3) is 4.27. The third-order valence-corrected chi connectivity index (χ3v) is 2.90. The Morgan fingerprint density at radius 1 is 1.52 bits per heavy atom. The van der Waals surface area contributed by atoms with E-state index in [-0.39, 0.29) is 24.0 Å². The van der Waals surface area contributed by atoms with Crippen LogP contribution in [0.4, 0.5) is 14.5 Å². The average molecular weight is 302 g/mol. The molecule has 0 saturated carbocycles. The number of carbonyl (C=O) groups excluding carboxylic acids is 1. The summed E-state index contributed by atoms with van der Waals surface area (Å²) in [7, 11) is 1.44. The fraction of sp³-hybridized carbons (Fsp3) is 0.462. The zero-order chi connectivity index (χ0) is 15.2. The number of rotatable bonds is 5. The van der Waals surface area contributed by atoms with Gasteiger partial charge in [0, 0.05) is 12.6 Å². The fourth-order valence-electron chi connectivity index (χ4n) is 1.89. The van der Waals surface area contributed by atoms with Gasteiger partial charge in [-0.15, -0.1) is 0 Å². The fourth-order valence-corrected chi connectivity index (χ4v) is 1.89. The molecular formula is C13H16F2N2O4. The van der Waals surface area contributed by atoms with Gasteiger partial charge in [-0.25, -0.2) is 0 Å². The van der Waals surface area contributed by atoms with Crippen LogP contribution in [-0.2, 0) is 9.53 Å². The summed E-state index contributed by atoms with van der Waals surface area (Å²) >= 11 is 0. The number of nitrogens with one attached hydrogen (secondary N) is 2. The Balaban J connectivity index is 2.13. The maximum absolute atomic E-state index is 12.4. The number of hydrogen-bond acceptors (Lipinski definition) is 5. The Morgan fingerprint density at radius 3 is 2.95 bits per heavy atom. The molecule has 2 N–H and O–H groups in total. The summed E-state index contributed by atoms with van der Waals surface area (Å²) in [6, 6.07) is 3.66.